The average molecular weight is 370 g/mol. The maximum absolute atomic E-state index is 11.3. The van der Waals surface area contributed by atoms with Crippen LogP contribution in [0.5, 0.6) is 5.75 Å². The van der Waals surface area contributed by atoms with Crippen molar-refractivity contribution in [2.24, 2.45) is 0 Å². The number of rotatable bonds is 8. The fraction of sp³-hybridized carbons (Fsp3) is 0.588. The molecule has 4 nitrogen and oxygen atoms in total. The number of unbranched alkanes of at least 4 members (excludes halogenated alkanes) is 2. The summed E-state index contributed by atoms with van der Waals surface area (Å²) in [4.78, 5) is 13.3. The maximum atomic E-state index is 11.3. The average Bonchev–Trinajstić information content (AvgIpc) is 2.94. The smallest absolute Gasteiger partial charge is 0.320 e. The Hall–Kier alpha value is -1.07. The Labute approximate surface area is 140 Å². The molecule has 1 N–H and O–H groups in total. The second kappa shape index (κ2) is 8.53. The van der Waals surface area contributed by atoms with E-state index in [9.17, 15) is 9.90 Å². The van der Waals surface area contributed by atoms with Gasteiger partial charge in [-0.05, 0) is 44.0 Å². The van der Waals surface area contributed by atoms with Gasteiger partial charge in [0.15, 0.2) is 0 Å². The molecule has 0 spiro atoms. The van der Waals surface area contributed by atoms with E-state index < -0.39 is 5.97 Å². The van der Waals surface area contributed by atoms with Gasteiger partial charge in [0.05, 0.1) is 6.61 Å². The monoisotopic (exact) mass is 369 g/mol. The second-order valence-corrected chi connectivity index (χ2v) is 6.69. The number of carbonyl (C=O) groups is 1. The Morgan fingerprint density at radius 1 is 1.45 bits per heavy atom. The van der Waals surface area contributed by atoms with Gasteiger partial charge in [0.2, 0.25) is 0 Å². The SMILES string of the molecule is CCCCCOc1ccc(Br)cc1CN1CCCC1C(=O)O. The lowest BCUT2D eigenvalue weighted by molar-refractivity contribution is -0.142. The number of ether oxygens (including phenoxy) is 1. The van der Waals surface area contributed by atoms with Gasteiger partial charge in [-0.2, -0.15) is 0 Å². The summed E-state index contributed by atoms with van der Waals surface area (Å²) in [5.41, 5.74) is 1.05. The van der Waals surface area contributed by atoms with E-state index in [1.54, 1.807) is 0 Å². The van der Waals surface area contributed by atoms with Crippen LogP contribution in [0, 0.1) is 0 Å². The Kier molecular flexibility index (Phi) is 6.70. The molecule has 1 aromatic rings. The van der Waals surface area contributed by atoms with Crippen molar-refractivity contribution in [2.45, 2.75) is 51.6 Å². The summed E-state index contributed by atoms with van der Waals surface area (Å²) in [5, 5.41) is 9.30. The topological polar surface area (TPSA) is 49.8 Å². The molecule has 0 bridgehead atoms. The number of nitrogens with zero attached hydrogens (tertiary/aromatic N) is 1. The van der Waals surface area contributed by atoms with E-state index in [-0.39, 0.29) is 6.04 Å². The first-order valence-corrected chi connectivity index (χ1v) is 8.79. The van der Waals surface area contributed by atoms with Crippen LogP contribution in [0.25, 0.3) is 0 Å². The molecule has 1 aliphatic rings. The Balaban J connectivity index is 2.05. The van der Waals surface area contributed by atoms with E-state index in [4.69, 9.17) is 4.74 Å². The minimum Gasteiger partial charge on any atom is -0.493 e. The van der Waals surface area contributed by atoms with Crippen LogP contribution in [0.3, 0.4) is 0 Å². The molecule has 5 heteroatoms. The van der Waals surface area contributed by atoms with Crippen molar-refractivity contribution >= 4 is 21.9 Å². The molecule has 0 aromatic heterocycles. The quantitative estimate of drug-likeness (QED) is 0.701. The minimum atomic E-state index is -0.724. The van der Waals surface area contributed by atoms with Gasteiger partial charge in [-0.3, -0.25) is 9.69 Å². The zero-order valence-corrected chi connectivity index (χ0v) is 14.6. The van der Waals surface area contributed by atoms with Crippen molar-refractivity contribution in [2.75, 3.05) is 13.2 Å². The highest BCUT2D eigenvalue weighted by Crippen LogP contribution is 2.28. The highest BCUT2D eigenvalue weighted by molar-refractivity contribution is 9.10. The van der Waals surface area contributed by atoms with Gasteiger partial charge < -0.3 is 9.84 Å². The Bertz CT molecular complexity index is 507. The van der Waals surface area contributed by atoms with Crippen molar-refractivity contribution in [1.82, 2.24) is 4.90 Å². The summed E-state index contributed by atoms with van der Waals surface area (Å²) in [5.74, 6) is 0.147. The number of hydrogen-bond acceptors (Lipinski definition) is 3. The molecule has 1 unspecified atom stereocenters. The number of benzene rings is 1. The van der Waals surface area contributed by atoms with Gasteiger partial charge in [-0.1, -0.05) is 35.7 Å². The third-order valence-corrected chi connectivity index (χ3v) is 4.54. The van der Waals surface area contributed by atoms with Crippen molar-refractivity contribution in [3.63, 3.8) is 0 Å². The molecular formula is C17H24BrNO3. The summed E-state index contributed by atoms with van der Waals surface area (Å²) in [6.45, 7) is 4.34. The van der Waals surface area contributed by atoms with Gasteiger partial charge in [0, 0.05) is 16.6 Å². The molecule has 0 saturated carbocycles. The van der Waals surface area contributed by atoms with Crippen LogP contribution >= 0.6 is 15.9 Å². The third kappa shape index (κ3) is 4.71. The first-order chi connectivity index (χ1) is 10.6. The van der Waals surface area contributed by atoms with Crippen LogP contribution < -0.4 is 4.74 Å². The van der Waals surface area contributed by atoms with Gasteiger partial charge in [-0.25, -0.2) is 0 Å². The van der Waals surface area contributed by atoms with E-state index in [1.807, 2.05) is 23.1 Å². The number of carboxylic acids is 1. The van der Waals surface area contributed by atoms with E-state index >= 15 is 0 Å². The lowest BCUT2D eigenvalue weighted by atomic mass is 10.1. The normalized spacial score (nSPS) is 18.5. The van der Waals surface area contributed by atoms with Gasteiger partial charge in [0.25, 0.3) is 0 Å². The second-order valence-electron chi connectivity index (χ2n) is 5.77. The standard InChI is InChI=1S/C17H24BrNO3/c1-2-3-4-10-22-16-8-7-14(18)11-13(16)12-19-9-5-6-15(19)17(20)21/h7-8,11,15H,2-6,9-10,12H2,1H3,(H,20,21). The molecule has 0 radical (unpaired) electrons. The third-order valence-electron chi connectivity index (χ3n) is 4.05. The molecule has 1 aromatic carbocycles. The van der Waals surface area contributed by atoms with Crippen LogP contribution in [0.15, 0.2) is 22.7 Å². The number of halogens is 1. The zero-order chi connectivity index (χ0) is 15.9. The molecular weight excluding hydrogens is 346 g/mol. The summed E-state index contributed by atoms with van der Waals surface area (Å²) < 4.78 is 6.90. The zero-order valence-electron chi connectivity index (χ0n) is 13.1. The highest BCUT2D eigenvalue weighted by atomic mass is 79.9. The lowest BCUT2D eigenvalue weighted by Gasteiger charge is -2.22. The fourth-order valence-corrected chi connectivity index (χ4v) is 3.27. The molecule has 1 heterocycles. The van der Waals surface area contributed by atoms with Crippen LogP contribution in [-0.4, -0.2) is 35.2 Å². The predicted octanol–water partition coefficient (Wildman–Crippen LogP) is 4.07. The molecule has 1 aliphatic heterocycles. The molecule has 1 fully saturated rings. The number of carboxylic acid groups (broad SMARTS) is 1. The molecule has 0 amide bonds. The summed E-state index contributed by atoms with van der Waals surface area (Å²) >= 11 is 3.49. The maximum Gasteiger partial charge on any atom is 0.320 e. The van der Waals surface area contributed by atoms with Crippen molar-refractivity contribution in [1.29, 1.82) is 0 Å². The van der Waals surface area contributed by atoms with E-state index in [1.165, 1.54) is 12.8 Å². The first kappa shape index (κ1) is 17.3. The number of likely N-dealkylation sites (tertiary alicyclic amines) is 1. The minimum absolute atomic E-state index is 0.369. The van der Waals surface area contributed by atoms with Gasteiger partial charge >= 0.3 is 5.97 Å². The van der Waals surface area contributed by atoms with Crippen LogP contribution in [0.4, 0.5) is 0 Å². The molecule has 1 atom stereocenters. The van der Waals surface area contributed by atoms with Crippen molar-refractivity contribution in [3.05, 3.63) is 28.2 Å². The number of hydrogen-bond donors (Lipinski definition) is 1. The molecule has 122 valence electrons. The van der Waals surface area contributed by atoms with Crippen LogP contribution in [0.2, 0.25) is 0 Å². The highest BCUT2D eigenvalue weighted by Gasteiger charge is 2.30. The summed E-state index contributed by atoms with van der Waals surface area (Å²) in [6, 6.07) is 5.60. The van der Waals surface area contributed by atoms with Crippen LogP contribution in [-0.2, 0) is 11.3 Å². The van der Waals surface area contributed by atoms with E-state index in [0.29, 0.717) is 13.2 Å². The van der Waals surface area contributed by atoms with E-state index in [0.717, 1.165) is 41.6 Å². The lowest BCUT2D eigenvalue weighted by Crippen LogP contribution is -2.35. The van der Waals surface area contributed by atoms with Gasteiger partial charge in [0.1, 0.15) is 11.8 Å². The predicted molar refractivity (Wildman–Crippen MR) is 90.2 cm³/mol. The molecule has 0 aliphatic carbocycles. The fourth-order valence-electron chi connectivity index (χ4n) is 2.86. The van der Waals surface area contributed by atoms with Crippen molar-refractivity contribution in [3.8, 4) is 5.75 Å². The number of aliphatic carboxylic acids is 1. The van der Waals surface area contributed by atoms with Crippen molar-refractivity contribution < 1.29 is 14.6 Å². The van der Waals surface area contributed by atoms with Gasteiger partial charge in [-0.15, -0.1) is 0 Å². The first-order valence-electron chi connectivity index (χ1n) is 8.00. The van der Waals surface area contributed by atoms with Crippen LogP contribution in [0.1, 0.15) is 44.6 Å². The largest absolute Gasteiger partial charge is 0.493 e. The molecule has 1 saturated heterocycles. The Morgan fingerprint density at radius 3 is 3.00 bits per heavy atom. The molecule has 22 heavy (non-hydrogen) atoms. The summed E-state index contributed by atoms with van der Waals surface area (Å²) in [7, 11) is 0. The molecule has 2 rings (SSSR count). The summed E-state index contributed by atoms with van der Waals surface area (Å²) in [6.07, 6.45) is 5.06. The Morgan fingerprint density at radius 2 is 2.27 bits per heavy atom. The van der Waals surface area contributed by atoms with E-state index in [2.05, 4.69) is 22.9 Å².